The quantitative estimate of drug-likeness (QED) is 0.558. The molecule has 3 aromatic rings. The summed E-state index contributed by atoms with van der Waals surface area (Å²) in [6.07, 6.45) is -0.731. The van der Waals surface area contributed by atoms with E-state index < -0.39 is 6.09 Å². The van der Waals surface area contributed by atoms with Crippen LogP contribution in [0.5, 0.6) is 0 Å². The Kier molecular flexibility index (Phi) is 6.92. The first kappa shape index (κ1) is 21.2. The van der Waals surface area contributed by atoms with Gasteiger partial charge in [-0.15, -0.1) is 0 Å². The highest BCUT2D eigenvalue weighted by Gasteiger charge is 2.11. The number of carbonyl (C=O) groups is 2. The number of aromatic nitrogens is 1. The van der Waals surface area contributed by atoms with Gasteiger partial charge >= 0.3 is 12.1 Å². The number of nitrogens with one attached hydrogen (secondary N) is 3. The molecule has 0 saturated carbocycles. The molecule has 2 aromatic carbocycles. The molecular weight excluding hydrogens is 408 g/mol. The fourth-order valence-corrected chi connectivity index (χ4v) is 2.94. The molecule has 8 nitrogen and oxygen atoms in total. The number of aromatic amines is 1. The van der Waals surface area contributed by atoms with Crippen molar-refractivity contribution in [3.05, 3.63) is 75.4 Å². The summed E-state index contributed by atoms with van der Waals surface area (Å²) in [5, 5.41) is 6.33. The average molecular weight is 429 g/mol. The van der Waals surface area contributed by atoms with Gasteiger partial charge in [0.05, 0.1) is 12.1 Å². The lowest BCUT2D eigenvalue weighted by Crippen LogP contribution is -2.39. The lowest BCUT2D eigenvalue weighted by Gasteiger charge is -2.18. The van der Waals surface area contributed by atoms with Crippen LogP contribution in [0.15, 0.2) is 59.4 Å². The van der Waals surface area contributed by atoms with Crippen LogP contribution in [0.1, 0.15) is 5.56 Å². The molecule has 0 atom stereocenters. The average Bonchev–Trinajstić information content (AvgIpc) is 2.73. The lowest BCUT2D eigenvalue weighted by atomic mass is 10.2. The third-order valence-corrected chi connectivity index (χ3v) is 4.74. The number of para-hydroxylation sites is 1. The van der Waals surface area contributed by atoms with Crippen molar-refractivity contribution in [2.75, 3.05) is 25.5 Å². The van der Waals surface area contributed by atoms with Gasteiger partial charge in [-0.05, 0) is 23.8 Å². The van der Waals surface area contributed by atoms with E-state index in [0.29, 0.717) is 22.5 Å². The number of nitrogens with zero attached hydrogens (tertiary/aromatic N) is 1. The molecule has 0 saturated heterocycles. The SMILES string of the molecule is CN(CCOC(=O)Nc1cc(=O)c2ccccc2[nH]1)C(=O)NCc1ccccc1Cl. The highest BCUT2D eigenvalue weighted by Crippen LogP contribution is 2.14. The van der Waals surface area contributed by atoms with Gasteiger partial charge < -0.3 is 19.9 Å². The zero-order chi connectivity index (χ0) is 21.5. The number of H-pyrrole nitrogens is 1. The molecule has 0 aliphatic carbocycles. The second-order valence-corrected chi connectivity index (χ2v) is 6.93. The van der Waals surface area contributed by atoms with Crippen molar-refractivity contribution in [3.63, 3.8) is 0 Å². The standard InChI is InChI=1S/C21H21ClN4O4/c1-26(20(28)23-13-14-6-2-4-8-16(14)22)10-11-30-21(29)25-19-12-18(27)15-7-3-5-9-17(15)24-19/h2-9,12H,10-11,13H2,1H3,(H,23,28)(H2,24,25,27,29). The smallest absolute Gasteiger partial charge is 0.412 e. The number of fused-ring (bicyclic) bond motifs is 1. The second kappa shape index (κ2) is 9.80. The van der Waals surface area contributed by atoms with Crippen LogP contribution in [0.2, 0.25) is 5.02 Å². The zero-order valence-corrected chi connectivity index (χ0v) is 17.0. The van der Waals surface area contributed by atoms with Gasteiger partial charge in [0, 0.05) is 30.1 Å². The van der Waals surface area contributed by atoms with Gasteiger partial charge in [0.25, 0.3) is 0 Å². The molecule has 3 amide bonds. The van der Waals surface area contributed by atoms with Gasteiger partial charge in [-0.25, -0.2) is 9.59 Å². The third kappa shape index (κ3) is 5.51. The van der Waals surface area contributed by atoms with E-state index in [9.17, 15) is 14.4 Å². The van der Waals surface area contributed by atoms with Crippen LogP contribution in [0.4, 0.5) is 15.4 Å². The van der Waals surface area contributed by atoms with E-state index in [1.807, 2.05) is 18.2 Å². The Morgan fingerprint density at radius 3 is 2.67 bits per heavy atom. The third-order valence-electron chi connectivity index (χ3n) is 4.37. The molecular formula is C21H21ClN4O4. The lowest BCUT2D eigenvalue weighted by molar-refractivity contribution is 0.146. The Morgan fingerprint density at radius 2 is 1.87 bits per heavy atom. The largest absolute Gasteiger partial charge is 0.447 e. The number of carbonyl (C=O) groups excluding carboxylic acids is 2. The van der Waals surface area contributed by atoms with Crippen LogP contribution in [-0.4, -0.2) is 42.2 Å². The topological polar surface area (TPSA) is 104 Å². The number of benzene rings is 2. The number of amides is 3. The van der Waals surface area contributed by atoms with Crippen LogP contribution < -0.4 is 16.1 Å². The Hall–Kier alpha value is -3.52. The molecule has 1 aromatic heterocycles. The number of hydrogen-bond acceptors (Lipinski definition) is 4. The van der Waals surface area contributed by atoms with E-state index in [4.69, 9.17) is 16.3 Å². The van der Waals surface area contributed by atoms with E-state index in [1.54, 1.807) is 37.4 Å². The Balaban J connectivity index is 1.44. The summed E-state index contributed by atoms with van der Waals surface area (Å²) in [6.45, 7) is 0.467. The van der Waals surface area contributed by atoms with Crippen LogP contribution in [0, 0.1) is 0 Å². The Bertz CT molecular complexity index is 1120. The number of likely N-dealkylation sites (N-methyl/N-ethyl adjacent to an activating group) is 1. The zero-order valence-electron chi connectivity index (χ0n) is 16.3. The number of hydrogen-bond donors (Lipinski definition) is 3. The molecule has 0 bridgehead atoms. The van der Waals surface area contributed by atoms with Gasteiger partial charge in [0.15, 0.2) is 5.43 Å². The monoisotopic (exact) mass is 428 g/mol. The molecule has 0 unspecified atom stereocenters. The normalized spacial score (nSPS) is 10.5. The minimum Gasteiger partial charge on any atom is -0.447 e. The van der Waals surface area contributed by atoms with E-state index in [2.05, 4.69) is 15.6 Å². The van der Waals surface area contributed by atoms with Gasteiger partial charge in [0.1, 0.15) is 12.4 Å². The van der Waals surface area contributed by atoms with Crippen LogP contribution in [0.3, 0.4) is 0 Å². The van der Waals surface area contributed by atoms with Crippen molar-refractivity contribution in [2.24, 2.45) is 0 Å². The summed E-state index contributed by atoms with van der Waals surface area (Å²) in [7, 11) is 1.59. The maximum Gasteiger partial charge on any atom is 0.412 e. The van der Waals surface area contributed by atoms with E-state index in [-0.39, 0.29) is 30.4 Å². The maximum absolute atomic E-state index is 12.1. The highest BCUT2D eigenvalue weighted by atomic mass is 35.5. The fraction of sp³-hybridized carbons (Fsp3) is 0.190. The minimum absolute atomic E-state index is 0.0142. The molecule has 30 heavy (non-hydrogen) atoms. The molecule has 0 fully saturated rings. The number of anilines is 1. The van der Waals surface area contributed by atoms with Crippen molar-refractivity contribution >= 4 is 40.4 Å². The molecule has 9 heteroatoms. The second-order valence-electron chi connectivity index (χ2n) is 6.53. The van der Waals surface area contributed by atoms with Crippen molar-refractivity contribution < 1.29 is 14.3 Å². The summed E-state index contributed by atoms with van der Waals surface area (Å²) in [4.78, 5) is 40.5. The molecule has 0 aliphatic rings. The Morgan fingerprint density at radius 1 is 1.13 bits per heavy atom. The number of pyridine rings is 1. The molecule has 3 N–H and O–H groups in total. The number of ether oxygens (including phenoxy) is 1. The van der Waals surface area contributed by atoms with Crippen molar-refractivity contribution in [1.82, 2.24) is 15.2 Å². The summed E-state index contributed by atoms with van der Waals surface area (Å²) in [5.41, 5.74) is 1.20. The van der Waals surface area contributed by atoms with Gasteiger partial charge in [-0.3, -0.25) is 10.1 Å². The summed E-state index contributed by atoms with van der Waals surface area (Å²) in [6, 6.07) is 15.2. The van der Waals surface area contributed by atoms with Gasteiger partial charge in [-0.2, -0.15) is 0 Å². The molecule has 156 valence electrons. The number of urea groups is 1. The van der Waals surface area contributed by atoms with Crippen LogP contribution >= 0.6 is 11.6 Å². The number of halogens is 1. The summed E-state index contributed by atoms with van der Waals surface area (Å²) in [5.74, 6) is 0.231. The molecule has 0 spiro atoms. The number of rotatable bonds is 6. The summed E-state index contributed by atoms with van der Waals surface area (Å²) >= 11 is 6.06. The summed E-state index contributed by atoms with van der Waals surface area (Å²) < 4.78 is 5.09. The minimum atomic E-state index is -0.731. The molecule has 0 radical (unpaired) electrons. The van der Waals surface area contributed by atoms with E-state index >= 15 is 0 Å². The van der Waals surface area contributed by atoms with Crippen molar-refractivity contribution in [2.45, 2.75) is 6.54 Å². The molecule has 1 heterocycles. The predicted octanol–water partition coefficient (Wildman–Crippen LogP) is 3.57. The van der Waals surface area contributed by atoms with Gasteiger partial charge in [0.2, 0.25) is 0 Å². The van der Waals surface area contributed by atoms with E-state index in [1.165, 1.54) is 11.0 Å². The maximum atomic E-state index is 12.1. The van der Waals surface area contributed by atoms with Crippen molar-refractivity contribution in [1.29, 1.82) is 0 Å². The van der Waals surface area contributed by atoms with E-state index in [0.717, 1.165) is 5.56 Å². The predicted molar refractivity (Wildman–Crippen MR) is 116 cm³/mol. The first-order valence-corrected chi connectivity index (χ1v) is 9.60. The fourth-order valence-electron chi connectivity index (χ4n) is 2.73. The first-order valence-electron chi connectivity index (χ1n) is 9.22. The molecule has 3 rings (SSSR count). The highest BCUT2D eigenvalue weighted by molar-refractivity contribution is 6.31. The van der Waals surface area contributed by atoms with Crippen LogP contribution in [0.25, 0.3) is 10.9 Å². The Labute approximate surface area is 177 Å². The first-order chi connectivity index (χ1) is 14.4. The van der Waals surface area contributed by atoms with Crippen LogP contribution in [-0.2, 0) is 11.3 Å². The van der Waals surface area contributed by atoms with Gasteiger partial charge in [-0.1, -0.05) is 41.9 Å². The molecule has 0 aliphatic heterocycles. The van der Waals surface area contributed by atoms with Crippen molar-refractivity contribution in [3.8, 4) is 0 Å².